The molecule has 0 spiro atoms. The fraction of sp³-hybridized carbons (Fsp3) is 0.455. The lowest BCUT2D eigenvalue weighted by molar-refractivity contribution is 0.405. The van der Waals surface area contributed by atoms with Crippen molar-refractivity contribution in [2.24, 2.45) is 0 Å². The zero-order chi connectivity index (χ0) is 12.3. The molecule has 0 radical (unpaired) electrons. The van der Waals surface area contributed by atoms with Crippen molar-refractivity contribution in [3.8, 4) is 0 Å². The van der Waals surface area contributed by atoms with Crippen LogP contribution in [0.1, 0.15) is 6.42 Å². The Morgan fingerprint density at radius 2 is 2.24 bits per heavy atom. The van der Waals surface area contributed by atoms with Gasteiger partial charge in [-0.1, -0.05) is 11.6 Å². The van der Waals surface area contributed by atoms with Crippen LogP contribution in [0.4, 0.5) is 5.95 Å². The number of rotatable bonds is 5. The first-order valence-corrected chi connectivity index (χ1v) is 6.72. The standard InChI is InChI=1S/C11H15ClN4S/c1-16(2)6-3-5-13-11-14-9(12)8-4-7-17-10(8)15-11/h4,7H,3,5-6H2,1-2H3,(H,13,14,15). The number of nitrogens with zero attached hydrogens (tertiary/aromatic N) is 3. The molecule has 0 saturated carbocycles. The van der Waals surface area contributed by atoms with Gasteiger partial charge in [0.15, 0.2) is 0 Å². The summed E-state index contributed by atoms with van der Waals surface area (Å²) in [4.78, 5) is 11.7. The quantitative estimate of drug-likeness (QED) is 0.670. The van der Waals surface area contributed by atoms with Crippen LogP contribution in [0.2, 0.25) is 5.15 Å². The maximum absolute atomic E-state index is 6.07. The molecular formula is C11H15ClN4S. The van der Waals surface area contributed by atoms with Gasteiger partial charge in [-0.3, -0.25) is 0 Å². The van der Waals surface area contributed by atoms with Crippen LogP contribution in [0.25, 0.3) is 10.2 Å². The zero-order valence-corrected chi connectivity index (χ0v) is 11.5. The first-order valence-electron chi connectivity index (χ1n) is 5.46. The number of anilines is 1. The highest BCUT2D eigenvalue weighted by molar-refractivity contribution is 7.16. The van der Waals surface area contributed by atoms with Gasteiger partial charge in [-0.05, 0) is 38.5 Å². The summed E-state index contributed by atoms with van der Waals surface area (Å²) in [5, 5.41) is 6.62. The van der Waals surface area contributed by atoms with Crippen LogP contribution in [0.3, 0.4) is 0 Å². The van der Waals surface area contributed by atoms with Crippen LogP contribution in [-0.2, 0) is 0 Å². The van der Waals surface area contributed by atoms with E-state index in [0.717, 1.165) is 29.7 Å². The average Bonchev–Trinajstić information content (AvgIpc) is 2.72. The van der Waals surface area contributed by atoms with E-state index in [1.807, 2.05) is 11.4 Å². The molecule has 2 rings (SSSR count). The first-order chi connectivity index (χ1) is 8.16. The highest BCUT2D eigenvalue weighted by Crippen LogP contribution is 2.25. The Kier molecular flexibility index (Phi) is 4.15. The maximum atomic E-state index is 6.07. The van der Waals surface area contributed by atoms with E-state index in [9.17, 15) is 0 Å². The summed E-state index contributed by atoms with van der Waals surface area (Å²) >= 11 is 7.65. The molecule has 0 saturated heterocycles. The molecule has 4 nitrogen and oxygen atoms in total. The molecule has 0 bridgehead atoms. The van der Waals surface area contributed by atoms with Gasteiger partial charge in [0, 0.05) is 11.9 Å². The molecule has 17 heavy (non-hydrogen) atoms. The Morgan fingerprint density at radius 3 is 3.00 bits per heavy atom. The minimum absolute atomic E-state index is 0.520. The van der Waals surface area contributed by atoms with Crippen molar-refractivity contribution in [3.05, 3.63) is 16.6 Å². The molecule has 0 unspecified atom stereocenters. The molecule has 0 aliphatic carbocycles. The number of aromatic nitrogens is 2. The normalized spacial score (nSPS) is 11.3. The molecule has 2 aromatic rings. The molecule has 0 aromatic carbocycles. The molecule has 0 aliphatic heterocycles. The first kappa shape index (κ1) is 12.5. The number of halogens is 1. The second-order valence-electron chi connectivity index (χ2n) is 4.06. The van der Waals surface area contributed by atoms with Crippen LogP contribution in [0.5, 0.6) is 0 Å². The minimum atomic E-state index is 0.520. The van der Waals surface area contributed by atoms with E-state index in [0.29, 0.717) is 11.1 Å². The number of fused-ring (bicyclic) bond motifs is 1. The summed E-state index contributed by atoms with van der Waals surface area (Å²) < 4.78 is 0. The van der Waals surface area contributed by atoms with Crippen molar-refractivity contribution in [1.29, 1.82) is 0 Å². The lowest BCUT2D eigenvalue weighted by Crippen LogP contribution is -2.17. The maximum Gasteiger partial charge on any atom is 0.225 e. The van der Waals surface area contributed by atoms with E-state index in [4.69, 9.17) is 11.6 Å². The Morgan fingerprint density at radius 1 is 1.41 bits per heavy atom. The molecule has 0 fully saturated rings. The van der Waals surface area contributed by atoms with E-state index >= 15 is 0 Å². The predicted octanol–water partition coefficient (Wildman–Crippen LogP) is 2.71. The molecular weight excluding hydrogens is 256 g/mol. The second-order valence-corrected chi connectivity index (χ2v) is 5.31. The predicted molar refractivity (Wildman–Crippen MR) is 74.1 cm³/mol. The highest BCUT2D eigenvalue weighted by atomic mass is 35.5. The summed E-state index contributed by atoms with van der Waals surface area (Å²) in [5.74, 6) is 0.615. The van der Waals surface area contributed by atoms with Gasteiger partial charge in [-0.15, -0.1) is 11.3 Å². The summed E-state index contributed by atoms with van der Waals surface area (Å²) in [5.41, 5.74) is 0. The summed E-state index contributed by atoms with van der Waals surface area (Å²) in [7, 11) is 4.12. The molecule has 2 aromatic heterocycles. The van der Waals surface area contributed by atoms with Gasteiger partial charge in [0.25, 0.3) is 0 Å². The van der Waals surface area contributed by atoms with E-state index in [-0.39, 0.29) is 0 Å². The van der Waals surface area contributed by atoms with E-state index in [1.54, 1.807) is 11.3 Å². The summed E-state index contributed by atoms with van der Waals surface area (Å²) in [6, 6.07) is 1.94. The third-order valence-corrected chi connectivity index (χ3v) is 3.44. The van der Waals surface area contributed by atoms with Gasteiger partial charge < -0.3 is 10.2 Å². The van der Waals surface area contributed by atoms with Crippen LogP contribution in [0, 0.1) is 0 Å². The number of hydrogen-bond donors (Lipinski definition) is 1. The third-order valence-electron chi connectivity index (χ3n) is 2.34. The smallest absolute Gasteiger partial charge is 0.225 e. The monoisotopic (exact) mass is 270 g/mol. The Balaban J connectivity index is 1.99. The van der Waals surface area contributed by atoms with Crippen molar-refractivity contribution in [1.82, 2.24) is 14.9 Å². The molecule has 0 atom stereocenters. The SMILES string of the molecule is CN(C)CCCNc1nc(Cl)c2ccsc2n1. The van der Waals surface area contributed by atoms with Gasteiger partial charge >= 0.3 is 0 Å². The van der Waals surface area contributed by atoms with E-state index in [1.165, 1.54) is 0 Å². The van der Waals surface area contributed by atoms with Gasteiger partial charge in [0.05, 0.1) is 0 Å². The van der Waals surface area contributed by atoms with Crippen molar-refractivity contribution in [2.45, 2.75) is 6.42 Å². The fourth-order valence-electron chi connectivity index (χ4n) is 1.49. The molecule has 0 amide bonds. The molecule has 1 N–H and O–H groups in total. The second kappa shape index (κ2) is 5.62. The van der Waals surface area contributed by atoms with Crippen molar-refractivity contribution >= 4 is 39.1 Å². The Hall–Kier alpha value is -0.910. The lowest BCUT2D eigenvalue weighted by atomic mass is 10.4. The van der Waals surface area contributed by atoms with Crippen LogP contribution >= 0.6 is 22.9 Å². The van der Waals surface area contributed by atoms with Crippen molar-refractivity contribution < 1.29 is 0 Å². The Labute approximate surface area is 110 Å². The summed E-state index contributed by atoms with van der Waals surface area (Å²) in [6.45, 7) is 1.90. The molecule has 6 heteroatoms. The minimum Gasteiger partial charge on any atom is -0.354 e. The number of thiophene rings is 1. The van der Waals surface area contributed by atoms with E-state index in [2.05, 4.69) is 34.3 Å². The third kappa shape index (κ3) is 3.28. The zero-order valence-electron chi connectivity index (χ0n) is 9.90. The highest BCUT2D eigenvalue weighted by Gasteiger charge is 2.06. The largest absolute Gasteiger partial charge is 0.354 e. The summed E-state index contributed by atoms with van der Waals surface area (Å²) in [6.07, 6.45) is 1.05. The van der Waals surface area contributed by atoms with Crippen LogP contribution < -0.4 is 5.32 Å². The topological polar surface area (TPSA) is 41.0 Å². The molecule has 2 heterocycles. The lowest BCUT2D eigenvalue weighted by Gasteiger charge is -2.09. The molecule has 92 valence electrons. The van der Waals surface area contributed by atoms with E-state index < -0.39 is 0 Å². The average molecular weight is 271 g/mol. The number of nitrogens with one attached hydrogen (secondary N) is 1. The van der Waals surface area contributed by atoms with Crippen LogP contribution in [-0.4, -0.2) is 42.1 Å². The Bertz CT molecular complexity index is 497. The van der Waals surface area contributed by atoms with Gasteiger partial charge in [0.1, 0.15) is 9.98 Å². The number of hydrogen-bond acceptors (Lipinski definition) is 5. The molecule has 0 aliphatic rings. The van der Waals surface area contributed by atoms with Crippen molar-refractivity contribution in [2.75, 3.05) is 32.5 Å². The fourth-order valence-corrected chi connectivity index (χ4v) is 2.55. The van der Waals surface area contributed by atoms with Gasteiger partial charge in [-0.2, -0.15) is 0 Å². The van der Waals surface area contributed by atoms with Gasteiger partial charge in [0.2, 0.25) is 5.95 Å². The van der Waals surface area contributed by atoms with Crippen molar-refractivity contribution in [3.63, 3.8) is 0 Å². The van der Waals surface area contributed by atoms with Gasteiger partial charge in [-0.25, -0.2) is 9.97 Å². The van der Waals surface area contributed by atoms with Crippen LogP contribution in [0.15, 0.2) is 11.4 Å².